The zero-order chi connectivity index (χ0) is 97.6. The Morgan fingerprint density at radius 1 is 0.430 bits per heavy atom. The Morgan fingerprint density at radius 2 is 0.763 bits per heavy atom. The normalized spacial score (nSPS) is 20.5. The van der Waals surface area contributed by atoms with E-state index in [-0.39, 0.29) is 101 Å². The number of benzene rings is 5. The molecule has 4 aromatic heterocycles. The molecule has 4 saturated heterocycles. The van der Waals surface area contributed by atoms with Crippen molar-refractivity contribution in [1.82, 2.24) is 58.4 Å². The summed E-state index contributed by atoms with van der Waals surface area (Å²) >= 11 is 24.0. The number of esters is 4. The number of amidine groups is 4. The van der Waals surface area contributed by atoms with Crippen LogP contribution in [0.1, 0.15) is 103 Å². The molecule has 8 aliphatic rings. The van der Waals surface area contributed by atoms with E-state index in [4.69, 9.17) is 63.7 Å². The van der Waals surface area contributed by atoms with Crippen LogP contribution < -0.4 is 18.9 Å². The molecule has 17 rings (SSSR count). The van der Waals surface area contributed by atoms with E-state index in [1.54, 1.807) is 54.3 Å². The van der Waals surface area contributed by atoms with Crippen LogP contribution in [0.25, 0.3) is 0 Å². The molecule has 9 aromatic rings. The largest absolute Gasteiger partial charge is 0.466 e. The number of alkyl halides is 3. The second kappa shape index (κ2) is 40.5. The quantitative estimate of drug-likeness (QED) is 0.0225. The highest BCUT2D eigenvalue weighted by Gasteiger charge is 2.50. The number of nitrogens with zero attached hydrogens (tertiary/aromatic N) is 12. The van der Waals surface area contributed by atoms with Crippen molar-refractivity contribution in [2.24, 2.45) is 20.0 Å². The fourth-order valence-electron chi connectivity index (χ4n) is 16.3. The summed E-state index contributed by atoms with van der Waals surface area (Å²) in [5.74, 6) is -6.96. The lowest BCUT2D eigenvalue weighted by Gasteiger charge is -2.32. The van der Waals surface area contributed by atoms with E-state index < -0.39 is 174 Å². The minimum Gasteiger partial charge on any atom is -0.466 e. The zero-order valence-electron chi connectivity index (χ0n) is 71.2. The van der Waals surface area contributed by atoms with Gasteiger partial charge >= 0.3 is 30.1 Å². The molecule has 0 spiro atoms. The molecule has 714 valence electrons. The Labute approximate surface area is 796 Å². The van der Waals surface area contributed by atoms with Gasteiger partial charge in [0.1, 0.15) is 52.3 Å². The lowest BCUT2D eigenvalue weighted by atomic mass is 9.91. The van der Waals surface area contributed by atoms with Crippen molar-refractivity contribution >= 4 is 167 Å². The Balaban J connectivity index is 0.000000144. The summed E-state index contributed by atoms with van der Waals surface area (Å²) in [6, 6.07) is 10.2. The summed E-state index contributed by atoms with van der Waals surface area (Å²) < 4.78 is 252. The van der Waals surface area contributed by atoms with E-state index in [0.717, 1.165) is 67.2 Å². The second-order valence-electron chi connectivity index (χ2n) is 30.7. The monoisotopic (exact) mass is 2080 g/mol. The predicted molar refractivity (Wildman–Crippen MR) is 483 cm³/mol. The molecule has 0 amide bonds. The number of aliphatic imine (C=N–C) groups is 4. The Hall–Kier alpha value is -10.8. The van der Waals surface area contributed by atoms with E-state index >= 15 is 0 Å². The smallest absolute Gasteiger partial charge is 0.416 e. The number of ether oxygens (including phenoxy) is 4. The van der Waals surface area contributed by atoms with Gasteiger partial charge in [-0.05, 0) is 67.1 Å². The maximum Gasteiger partial charge on any atom is 0.416 e. The van der Waals surface area contributed by atoms with Gasteiger partial charge in [-0.15, -0.1) is 45.3 Å². The molecular weight excluding hydrogens is 2010 g/mol. The number of carbonyl (C=O) groups is 4. The molecule has 4 N–H and O–H groups in total. The van der Waals surface area contributed by atoms with Gasteiger partial charge in [0.2, 0.25) is 40.1 Å². The summed E-state index contributed by atoms with van der Waals surface area (Å²) in [5, 5.41) is 6.84. The van der Waals surface area contributed by atoms with Gasteiger partial charge in [-0.1, -0.05) is 71.2 Å². The minimum atomic E-state index is -4.92. The first kappa shape index (κ1) is 100. The maximum absolute atomic E-state index is 14.3. The van der Waals surface area contributed by atoms with Gasteiger partial charge in [-0.3, -0.25) is 20.0 Å². The molecule has 12 heterocycles. The van der Waals surface area contributed by atoms with E-state index in [9.17, 15) is 92.4 Å². The second-order valence-corrected chi connectivity index (χ2v) is 42.8. The number of hydrogen-bond donors (Lipinski definition) is 4. The average Bonchev–Trinajstić information content (AvgIpc) is 1.66. The van der Waals surface area contributed by atoms with Gasteiger partial charge < -0.3 is 38.5 Å². The van der Waals surface area contributed by atoms with Crippen molar-refractivity contribution in [2.45, 2.75) is 92.0 Å². The zero-order valence-corrected chi connectivity index (χ0v) is 80.0. The van der Waals surface area contributed by atoms with Crippen LogP contribution in [0, 0.1) is 41.8 Å². The van der Waals surface area contributed by atoms with E-state index in [1.807, 2.05) is 6.92 Å². The molecule has 0 aliphatic carbocycles. The van der Waals surface area contributed by atoms with Crippen LogP contribution in [-0.2, 0) is 84.4 Å². The summed E-state index contributed by atoms with van der Waals surface area (Å²) in [6.07, 6.45) is 5.02. The highest BCUT2D eigenvalue weighted by molar-refractivity contribution is 7.89. The minimum absolute atomic E-state index is 0.000937. The molecule has 4 fully saturated rings. The molecule has 0 bridgehead atoms. The van der Waals surface area contributed by atoms with Crippen molar-refractivity contribution in [2.75, 3.05) is 73.4 Å². The van der Waals surface area contributed by atoms with Crippen LogP contribution in [0.4, 0.5) is 39.5 Å². The number of methoxy groups -OCH3 is 4. The topological polar surface area (TPSA) is 404 Å². The van der Waals surface area contributed by atoms with Crippen LogP contribution >= 0.6 is 80.1 Å². The average molecular weight is 2090 g/mol. The number of halogens is 12. The maximum atomic E-state index is 14.3. The van der Waals surface area contributed by atoms with Crippen LogP contribution in [-0.4, -0.2) is 218 Å². The summed E-state index contributed by atoms with van der Waals surface area (Å²) in [7, 11) is -10.1. The number of nitrogens with one attached hydrogen (secondary N) is 4. The van der Waals surface area contributed by atoms with Gasteiger partial charge in [0, 0.05) is 171 Å². The fourth-order valence-corrected chi connectivity index (χ4v) is 23.4. The van der Waals surface area contributed by atoms with E-state index in [2.05, 4.69) is 48.8 Å². The van der Waals surface area contributed by atoms with Crippen LogP contribution in [0.5, 0.6) is 0 Å². The van der Waals surface area contributed by atoms with E-state index in [1.165, 1.54) is 121 Å². The molecular formula is C83H74Cl3F9N16O16S8. The number of carbonyl (C=O) groups excluding carboxylic acids is 4. The highest BCUT2D eigenvalue weighted by atomic mass is 35.5. The van der Waals surface area contributed by atoms with Crippen LogP contribution in [0.3, 0.4) is 0 Å². The van der Waals surface area contributed by atoms with Crippen molar-refractivity contribution < 1.29 is 111 Å². The van der Waals surface area contributed by atoms with Crippen molar-refractivity contribution in [3.63, 3.8) is 0 Å². The van der Waals surface area contributed by atoms with Gasteiger partial charge in [0.15, 0.2) is 55.0 Å². The summed E-state index contributed by atoms with van der Waals surface area (Å²) in [5.41, 5.74) is 1.17. The Morgan fingerprint density at radius 3 is 1.09 bits per heavy atom. The van der Waals surface area contributed by atoms with Gasteiger partial charge in [0.25, 0.3) is 0 Å². The first-order chi connectivity index (χ1) is 63.7. The molecule has 0 radical (unpaired) electrons. The lowest BCUT2D eigenvalue weighted by molar-refractivity contribution is -0.140. The van der Waals surface area contributed by atoms with Crippen LogP contribution in [0.2, 0.25) is 15.1 Å². The summed E-state index contributed by atoms with van der Waals surface area (Å²) in [4.78, 5) is 94.6. The van der Waals surface area contributed by atoms with Crippen molar-refractivity contribution in [1.29, 1.82) is 0 Å². The standard InChI is InChI=1S/C24H19ClF2N4O4S2.C20H20ClFN4O4S2.C20H18F4N4O4S2.C19H17ClF2N4O4S2/c1-35-24(32)20-18-11-14(30-37(33,34)19-5-3-2-4-17(19)27)12-31(18)22(23-28-8-9-36-23)29-21(20)15-7-6-13(26)10-16(15)25;1-10-8-23-19(31-10)18-24-17(13-5-4-11(22)6-14(13)21)16(20(27)30-2)15-7-12(9-26(15)18)25-32(3,28)29;1-32-19(29)15-14-8-11(27-34(2,30)31)9-28(14)17(18-25-5-6-33-18)26-16(15)12-4-3-10(21)7-13(12)20(22,23)24;1-30-19(27)13-12-7-9(25-32(2,28)29)8-26(12)17(18-23-5-6-31-18)24-16(13)10-3-4-11(21)15(22)14(10)20/h2-10,14,21,30H,11-12H2,1H3;4-6,8,12,17,25H,7,9H2,1-3H3;3-7,11,16,27H,8-9H2,1-2H3;3-6,9,16,25H,7-8H2,1-2H3/t14-,21-;12-,17-;11-,16-;9-,16-/m0000/s1. The molecule has 52 heteroatoms. The van der Waals surface area contributed by atoms with Gasteiger partial charge in [-0.2, -0.15) is 13.2 Å². The van der Waals surface area contributed by atoms with Crippen LogP contribution in [0.15, 0.2) is 202 Å². The molecule has 0 unspecified atom stereocenters. The molecule has 135 heavy (non-hydrogen) atoms. The van der Waals surface area contributed by atoms with Crippen molar-refractivity contribution in [3.05, 3.63) is 280 Å². The number of rotatable bonds is 21. The molecule has 8 aliphatic heterocycles. The van der Waals surface area contributed by atoms with Gasteiger partial charge in [-0.25, -0.2) is 118 Å². The predicted octanol–water partition coefficient (Wildman–Crippen LogP) is 12.3. The van der Waals surface area contributed by atoms with Gasteiger partial charge in [0.05, 0.1) is 80.1 Å². The molecule has 8 atom stereocenters. The summed E-state index contributed by atoms with van der Waals surface area (Å²) in [6.45, 7) is 2.55. The third-order valence-corrected chi connectivity index (χ3v) is 29.5. The molecule has 32 nitrogen and oxygen atoms in total. The first-order valence-corrected chi connectivity index (χ1v) is 51.4. The number of aryl methyl sites for hydroxylation is 1. The third-order valence-electron chi connectivity index (χ3n) is 21.4. The number of hydrogen-bond acceptors (Lipinski definition) is 32. The van der Waals surface area contributed by atoms with E-state index in [0.29, 0.717) is 71.8 Å². The van der Waals surface area contributed by atoms with Crippen molar-refractivity contribution in [3.8, 4) is 0 Å². The molecule has 0 saturated carbocycles. The number of fused-ring (bicyclic) bond motifs is 4. The highest BCUT2D eigenvalue weighted by Crippen LogP contribution is 2.50. The first-order valence-electron chi connectivity index (χ1n) is 39.6. The molecule has 5 aromatic carbocycles. The lowest BCUT2D eigenvalue weighted by Crippen LogP contribution is -2.40. The number of aromatic nitrogens is 4. The third kappa shape index (κ3) is 22.1. The Kier molecular flexibility index (Phi) is 30.0. The number of thiazole rings is 4. The SMILES string of the molecule is COC(=O)C1=C2C[C@H](NS(=O)(=O)c3ccccc3F)CN2C(c2nccs2)=N[C@H]1c1ccc(F)cc1Cl.COC(=O)C1=C2C[C@H](NS(C)(=O)=O)CN2C(c2ncc(C)s2)=N[C@H]1c1ccc(F)cc1Cl.COC(=O)C1=C2C[C@H](NS(C)(=O)=O)CN2C(c2nccs2)=N[C@H]1c1ccc(F)c(F)c1Cl.COC(=O)C1=C2C[C@H](NS(C)(=O)=O)CN2C(c2nccs2)=N[C@H]1c1ccc(F)cc1C(F)(F)F. The fraction of sp³-hybridized carbons (Fsp3) is 0.301. The Bertz CT molecular complexity index is 6980. The number of sulfonamides is 4.